The molecule has 0 saturated carbocycles. The fourth-order valence-electron chi connectivity index (χ4n) is 3.78. The summed E-state index contributed by atoms with van der Waals surface area (Å²) in [6.07, 6.45) is 2.17. The number of amides is 1. The number of aromatic nitrogens is 2. The second-order valence-electron chi connectivity index (χ2n) is 7.77. The third kappa shape index (κ3) is 5.46. The number of hydrogen-bond acceptors (Lipinski definition) is 5. The van der Waals surface area contributed by atoms with E-state index in [1.165, 1.54) is 0 Å². The molecule has 2 heterocycles. The van der Waals surface area contributed by atoms with Crippen molar-refractivity contribution in [2.45, 2.75) is 25.4 Å². The molecule has 2 aromatic carbocycles. The van der Waals surface area contributed by atoms with Crippen molar-refractivity contribution in [2.24, 2.45) is 0 Å². The first-order chi connectivity index (χ1) is 15.3. The van der Waals surface area contributed by atoms with Crippen molar-refractivity contribution in [1.82, 2.24) is 14.7 Å². The van der Waals surface area contributed by atoms with Crippen LogP contribution >= 0.6 is 11.6 Å². The monoisotopic (exact) mass is 456 g/mol. The van der Waals surface area contributed by atoms with E-state index in [9.17, 15) is 9.90 Å². The second kappa shape index (κ2) is 10.3. The zero-order valence-electron chi connectivity index (χ0n) is 17.8. The summed E-state index contributed by atoms with van der Waals surface area (Å²) < 4.78 is 1.80. The van der Waals surface area contributed by atoms with Gasteiger partial charge < -0.3 is 20.4 Å². The van der Waals surface area contributed by atoms with Gasteiger partial charge in [-0.05, 0) is 43.4 Å². The Labute approximate surface area is 191 Å². The molecule has 0 fully saturated rings. The van der Waals surface area contributed by atoms with Gasteiger partial charge in [-0.25, -0.2) is 4.68 Å². The van der Waals surface area contributed by atoms with Crippen molar-refractivity contribution in [3.8, 4) is 5.75 Å². The van der Waals surface area contributed by atoms with Gasteiger partial charge in [0.2, 0.25) is 5.91 Å². The number of phenols is 1. The standard InChI is InChI=1S/C22H23ClN4O2.CH2O2/c1-26(2)13-16-9-15(6-7-20(16)28)18-10-21(29)25-22-19(18)11-24-27(22)12-14-4-3-5-17(23)8-14;2-1-3/h3-9,11,18,28H,10,12-13H2,1-2H3,(H,25,29);1H,(H,2,3). The van der Waals surface area contributed by atoms with Crippen molar-refractivity contribution in [3.63, 3.8) is 0 Å². The summed E-state index contributed by atoms with van der Waals surface area (Å²) in [6, 6.07) is 13.2. The summed E-state index contributed by atoms with van der Waals surface area (Å²) in [5, 5.41) is 25.2. The van der Waals surface area contributed by atoms with Gasteiger partial charge in [0.25, 0.3) is 6.47 Å². The number of rotatable bonds is 5. The number of carbonyl (C=O) groups is 2. The van der Waals surface area contributed by atoms with Crippen LogP contribution in [0.5, 0.6) is 5.75 Å². The molecule has 0 aliphatic carbocycles. The molecule has 3 aromatic rings. The van der Waals surface area contributed by atoms with Crippen LogP contribution in [0.2, 0.25) is 5.02 Å². The third-order valence-electron chi connectivity index (χ3n) is 5.10. The van der Waals surface area contributed by atoms with E-state index in [0.717, 1.165) is 22.3 Å². The Morgan fingerprint density at radius 2 is 2.03 bits per heavy atom. The molecule has 9 heteroatoms. The highest BCUT2D eigenvalue weighted by molar-refractivity contribution is 6.30. The second-order valence-corrected chi connectivity index (χ2v) is 8.21. The van der Waals surface area contributed by atoms with E-state index in [4.69, 9.17) is 21.5 Å². The summed E-state index contributed by atoms with van der Waals surface area (Å²) in [4.78, 5) is 22.8. The highest BCUT2D eigenvalue weighted by Crippen LogP contribution is 2.38. The van der Waals surface area contributed by atoms with Gasteiger partial charge >= 0.3 is 0 Å². The van der Waals surface area contributed by atoms with E-state index < -0.39 is 0 Å². The molecule has 1 unspecified atom stereocenters. The van der Waals surface area contributed by atoms with Gasteiger partial charge in [0, 0.05) is 35.0 Å². The van der Waals surface area contributed by atoms with Crippen LogP contribution in [0.15, 0.2) is 48.7 Å². The summed E-state index contributed by atoms with van der Waals surface area (Å²) >= 11 is 6.10. The topological polar surface area (TPSA) is 108 Å². The molecule has 0 bridgehead atoms. The maximum atomic E-state index is 12.5. The molecule has 0 saturated heterocycles. The third-order valence-corrected chi connectivity index (χ3v) is 5.34. The summed E-state index contributed by atoms with van der Waals surface area (Å²) in [6.45, 7) is 0.893. The smallest absolute Gasteiger partial charge is 0.290 e. The highest BCUT2D eigenvalue weighted by atomic mass is 35.5. The number of phenolic OH excluding ortho intramolecular Hbond substituents is 1. The predicted octanol–water partition coefficient (Wildman–Crippen LogP) is 3.53. The van der Waals surface area contributed by atoms with E-state index in [1.54, 1.807) is 10.7 Å². The zero-order valence-corrected chi connectivity index (χ0v) is 18.6. The molecule has 1 aliphatic heterocycles. The number of anilines is 1. The van der Waals surface area contributed by atoms with E-state index in [-0.39, 0.29) is 24.0 Å². The molecule has 32 heavy (non-hydrogen) atoms. The van der Waals surface area contributed by atoms with E-state index in [1.807, 2.05) is 61.6 Å². The first-order valence-corrected chi connectivity index (χ1v) is 10.3. The number of aromatic hydroxyl groups is 1. The molecule has 1 atom stereocenters. The van der Waals surface area contributed by atoms with E-state index in [2.05, 4.69) is 10.4 Å². The molecule has 168 valence electrons. The number of hydrogen-bond donors (Lipinski definition) is 3. The average molecular weight is 457 g/mol. The van der Waals surface area contributed by atoms with Gasteiger partial charge in [-0.2, -0.15) is 5.10 Å². The fourth-order valence-corrected chi connectivity index (χ4v) is 4.00. The van der Waals surface area contributed by atoms with E-state index >= 15 is 0 Å². The lowest BCUT2D eigenvalue weighted by molar-refractivity contribution is -0.123. The summed E-state index contributed by atoms with van der Waals surface area (Å²) in [7, 11) is 3.91. The SMILES string of the molecule is CN(C)Cc1cc(C2CC(=O)Nc3c2cnn3Cc2cccc(Cl)c2)ccc1O.O=CO. The highest BCUT2D eigenvalue weighted by Gasteiger charge is 2.30. The summed E-state index contributed by atoms with van der Waals surface area (Å²) in [5.74, 6) is 0.832. The first-order valence-electron chi connectivity index (χ1n) is 9.96. The molecular weight excluding hydrogens is 432 g/mol. The van der Waals surface area contributed by atoms with E-state index in [0.29, 0.717) is 30.4 Å². The number of fused-ring (bicyclic) bond motifs is 1. The Kier molecular flexibility index (Phi) is 7.50. The lowest BCUT2D eigenvalue weighted by Gasteiger charge is -2.24. The van der Waals surface area contributed by atoms with Gasteiger partial charge in [0.05, 0.1) is 12.7 Å². The summed E-state index contributed by atoms with van der Waals surface area (Å²) in [5.41, 5.74) is 3.83. The van der Waals surface area contributed by atoms with Gasteiger partial charge in [-0.1, -0.05) is 35.9 Å². The zero-order chi connectivity index (χ0) is 23.3. The van der Waals surface area contributed by atoms with Gasteiger partial charge in [-0.3, -0.25) is 9.59 Å². The lowest BCUT2D eigenvalue weighted by Crippen LogP contribution is -2.25. The molecule has 1 aliphatic rings. The Morgan fingerprint density at radius 3 is 2.72 bits per heavy atom. The molecule has 0 radical (unpaired) electrons. The minimum absolute atomic E-state index is 0.0439. The molecule has 8 nitrogen and oxygen atoms in total. The molecule has 1 aromatic heterocycles. The van der Waals surface area contributed by atoms with Crippen LogP contribution in [0, 0.1) is 0 Å². The number of carboxylic acid groups (broad SMARTS) is 1. The minimum Gasteiger partial charge on any atom is -0.508 e. The molecule has 1 amide bonds. The van der Waals surface area contributed by atoms with Crippen LogP contribution in [0.1, 0.15) is 34.6 Å². The lowest BCUT2D eigenvalue weighted by atomic mass is 9.86. The normalized spacial score (nSPS) is 14.9. The number of nitrogens with zero attached hydrogens (tertiary/aromatic N) is 3. The van der Waals surface area contributed by atoms with Crippen LogP contribution < -0.4 is 5.32 Å². The Hall–Kier alpha value is -3.36. The van der Waals surface area contributed by atoms with Crippen LogP contribution in [0.25, 0.3) is 0 Å². The molecule has 0 spiro atoms. The van der Waals surface area contributed by atoms with Gasteiger partial charge in [0.15, 0.2) is 0 Å². The number of benzene rings is 2. The number of nitrogens with one attached hydrogen (secondary N) is 1. The maximum absolute atomic E-state index is 12.5. The number of halogens is 1. The minimum atomic E-state index is -0.250. The van der Waals surface area contributed by atoms with Crippen molar-refractivity contribution in [1.29, 1.82) is 0 Å². The quantitative estimate of drug-likeness (QED) is 0.507. The predicted molar refractivity (Wildman–Crippen MR) is 122 cm³/mol. The van der Waals surface area contributed by atoms with Gasteiger partial charge in [-0.15, -0.1) is 0 Å². The molecule has 4 rings (SSSR count). The Morgan fingerprint density at radius 1 is 1.28 bits per heavy atom. The van der Waals surface area contributed by atoms with Crippen LogP contribution in [-0.4, -0.2) is 51.4 Å². The van der Waals surface area contributed by atoms with Crippen molar-refractivity contribution in [3.05, 3.63) is 75.9 Å². The average Bonchev–Trinajstić information content (AvgIpc) is 3.12. The fraction of sp³-hybridized carbons (Fsp3) is 0.261. The Bertz CT molecular complexity index is 1110. The van der Waals surface area contributed by atoms with Gasteiger partial charge in [0.1, 0.15) is 11.6 Å². The van der Waals surface area contributed by atoms with Crippen LogP contribution in [0.3, 0.4) is 0 Å². The van der Waals surface area contributed by atoms with Crippen LogP contribution in [0.4, 0.5) is 5.82 Å². The largest absolute Gasteiger partial charge is 0.508 e. The maximum Gasteiger partial charge on any atom is 0.290 e. The Balaban J connectivity index is 0.000000913. The van der Waals surface area contributed by atoms with Crippen molar-refractivity contribution < 1.29 is 19.8 Å². The van der Waals surface area contributed by atoms with Crippen molar-refractivity contribution >= 4 is 29.8 Å². The first kappa shape index (κ1) is 23.3. The molecular formula is C23H25ClN4O4. The van der Waals surface area contributed by atoms with Crippen LogP contribution in [-0.2, 0) is 22.7 Å². The molecule has 3 N–H and O–H groups in total. The van der Waals surface area contributed by atoms with Crippen molar-refractivity contribution in [2.75, 3.05) is 19.4 Å². The number of carbonyl (C=O) groups excluding carboxylic acids is 1.